The standard InChI is InChI=1S/C53H35N/c1-3-14-36(15-4-1)38-26-31-41(32-27-38)54(42-33-28-39(29-34-42)37-16-5-2-6-17-37)50-25-13-24-49-51(50)46-21-10-12-23-48(46)53(49)47-22-11-9-20-44(47)45-35-30-40-18-7-8-19-43(40)52(45)53/h1-35H. The summed E-state index contributed by atoms with van der Waals surface area (Å²) in [6.45, 7) is 0. The van der Waals surface area contributed by atoms with E-state index in [0.29, 0.717) is 0 Å². The van der Waals surface area contributed by atoms with Gasteiger partial charge < -0.3 is 4.90 Å². The van der Waals surface area contributed by atoms with Gasteiger partial charge in [0.05, 0.1) is 11.1 Å². The van der Waals surface area contributed by atoms with Crippen molar-refractivity contribution in [2.45, 2.75) is 5.41 Å². The van der Waals surface area contributed by atoms with Crippen LogP contribution in [0.3, 0.4) is 0 Å². The van der Waals surface area contributed by atoms with Gasteiger partial charge in [-0.05, 0) is 102 Å². The molecule has 0 N–H and O–H groups in total. The van der Waals surface area contributed by atoms with Crippen LogP contribution >= 0.6 is 0 Å². The number of hydrogen-bond donors (Lipinski definition) is 0. The Hall–Kier alpha value is -6.96. The van der Waals surface area contributed by atoms with Crippen molar-refractivity contribution in [3.05, 3.63) is 235 Å². The molecular formula is C53H35N. The Balaban J connectivity index is 1.18. The van der Waals surface area contributed by atoms with Crippen molar-refractivity contribution in [2.24, 2.45) is 0 Å². The van der Waals surface area contributed by atoms with E-state index in [2.05, 4.69) is 217 Å². The minimum absolute atomic E-state index is 0.464. The molecule has 0 bridgehead atoms. The Kier molecular flexibility index (Phi) is 6.84. The lowest BCUT2D eigenvalue weighted by Crippen LogP contribution is -2.26. The Labute approximate surface area is 316 Å². The molecule has 54 heavy (non-hydrogen) atoms. The van der Waals surface area contributed by atoms with Crippen LogP contribution in [0.15, 0.2) is 212 Å². The van der Waals surface area contributed by atoms with E-state index in [-0.39, 0.29) is 0 Å². The van der Waals surface area contributed by atoms with Gasteiger partial charge in [-0.3, -0.25) is 0 Å². The lowest BCUT2D eigenvalue weighted by atomic mass is 9.69. The minimum atomic E-state index is -0.464. The monoisotopic (exact) mass is 685 g/mol. The van der Waals surface area contributed by atoms with Gasteiger partial charge in [-0.15, -0.1) is 0 Å². The van der Waals surface area contributed by atoms with Crippen molar-refractivity contribution in [3.63, 3.8) is 0 Å². The first-order valence-electron chi connectivity index (χ1n) is 18.8. The molecule has 0 aliphatic heterocycles. The summed E-state index contributed by atoms with van der Waals surface area (Å²) in [5, 5.41) is 2.58. The first-order chi connectivity index (χ1) is 26.8. The summed E-state index contributed by atoms with van der Waals surface area (Å²) >= 11 is 0. The summed E-state index contributed by atoms with van der Waals surface area (Å²) in [5.41, 5.74) is 18.4. The molecule has 0 fully saturated rings. The van der Waals surface area contributed by atoms with Crippen molar-refractivity contribution in [1.29, 1.82) is 0 Å². The molecule has 1 spiro atoms. The smallest absolute Gasteiger partial charge is 0.0732 e. The van der Waals surface area contributed by atoms with Gasteiger partial charge in [-0.1, -0.05) is 182 Å². The summed E-state index contributed by atoms with van der Waals surface area (Å²) in [7, 11) is 0. The van der Waals surface area contributed by atoms with Crippen LogP contribution in [0.25, 0.3) is 55.3 Å². The summed E-state index contributed by atoms with van der Waals surface area (Å²) in [6.07, 6.45) is 0. The van der Waals surface area contributed by atoms with Gasteiger partial charge >= 0.3 is 0 Å². The SMILES string of the molecule is c1ccc(-c2ccc(N(c3ccc(-c4ccccc4)cc3)c3cccc4c3-c3ccccc3C43c4ccccc4-c4ccc5ccccc5c43)cc2)cc1. The molecule has 2 aliphatic rings. The molecular weight excluding hydrogens is 651 g/mol. The second-order valence-electron chi connectivity index (χ2n) is 14.4. The average molecular weight is 686 g/mol. The fourth-order valence-corrected chi connectivity index (χ4v) is 9.43. The molecule has 0 radical (unpaired) electrons. The second-order valence-corrected chi connectivity index (χ2v) is 14.4. The Morgan fingerprint density at radius 2 is 0.815 bits per heavy atom. The summed E-state index contributed by atoms with van der Waals surface area (Å²) in [6, 6.07) is 78.2. The van der Waals surface area contributed by atoms with Crippen LogP contribution in [0, 0.1) is 0 Å². The largest absolute Gasteiger partial charge is 0.310 e. The summed E-state index contributed by atoms with van der Waals surface area (Å²) in [4.78, 5) is 2.46. The molecule has 252 valence electrons. The molecule has 1 heteroatoms. The fraction of sp³-hybridized carbons (Fsp3) is 0.0189. The third-order valence-corrected chi connectivity index (χ3v) is 11.7. The van der Waals surface area contributed by atoms with Crippen LogP contribution < -0.4 is 4.90 Å². The lowest BCUT2D eigenvalue weighted by Gasteiger charge is -2.32. The summed E-state index contributed by atoms with van der Waals surface area (Å²) in [5.74, 6) is 0. The number of nitrogens with zero attached hydrogens (tertiary/aromatic N) is 1. The van der Waals surface area contributed by atoms with E-state index < -0.39 is 5.41 Å². The van der Waals surface area contributed by atoms with E-state index in [1.807, 2.05) is 0 Å². The van der Waals surface area contributed by atoms with E-state index >= 15 is 0 Å². The first kappa shape index (κ1) is 30.6. The van der Waals surface area contributed by atoms with Crippen LogP contribution in [0.4, 0.5) is 17.1 Å². The van der Waals surface area contributed by atoms with Gasteiger partial charge in [-0.2, -0.15) is 0 Å². The molecule has 1 unspecified atom stereocenters. The molecule has 1 nitrogen and oxygen atoms in total. The first-order valence-corrected chi connectivity index (χ1v) is 18.8. The third-order valence-electron chi connectivity index (χ3n) is 11.7. The molecule has 11 rings (SSSR count). The van der Waals surface area contributed by atoms with Gasteiger partial charge in [0.2, 0.25) is 0 Å². The molecule has 0 saturated carbocycles. The van der Waals surface area contributed by atoms with Gasteiger partial charge in [0.15, 0.2) is 0 Å². The molecule has 0 aromatic heterocycles. The lowest BCUT2D eigenvalue weighted by molar-refractivity contribution is 0.801. The summed E-state index contributed by atoms with van der Waals surface area (Å²) < 4.78 is 0. The average Bonchev–Trinajstić information content (AvgIpc) is 3.73. The highest BCUT2D eigenvalue weighted by atomic mass is 15.1. The quantitative estimate of drug-likeness (QED) is 0.174. The second kappa shape index (κ2) is 12.0. The van der Waals surface area contributed by atoms with Crippen LogP contribution in [-0.4, -0.2) is 0 Å². The third kappa shape index (κ3) is 4.39. The molecule has 1 atom stereocenters. The number of benzene rings is 9. The molecule has 0 saturated heterocycles. The topological polar surface area (TPSA) is 3.24 Å². The van der Waals surface area contributed by atoms with Crippen molar-refractivity contribution in [2.75, 3.05) is 4.90 Å². The van der Waals surface area contributed by atoms with Crippen molar-refractivity contribution in [3.8, 4) is 44.5 Å². The van der Waals surface area contributed by atoms with Gasteiger partial charge in [0, 0.05) is 16.9 Å². The Morgan fingerprint density at radius 3 is 1.46 bits per heavy atom. The zero-order valence-electron chi connectivity index (χ0n) is 29.7. The van der Waals surface area contributed by atoms with Gasteiger partial charge in [0.25, 0.3) is 0 Å². The highest BCUT2D eigenvalue weighted by molar-refractivity contribution is 6.06. The van der Waals surface area contributed by atoms with Gasteiger partial charge in [-0.25, -0.2) is 0 Å². The zero-order valence-corrected chi connectivity index (χ0v) is 29.7. The maximum Gasteiger partial charge on any atom is 0.0732 e. The zero-order chi connectivity index (χ0) is 35.6. The van der Waals surface area contributed by atoms with Crippen molar-refractivity contribution < 1.29 is 0 Å². The van der Waals surface area contributed by atoms with E-state index in [4.69, 9.17) is 0 Å². The van der Waals surface area contributed by atoms with Crippen molar-refractivity contribution >= 4 is 27.8 Å². The maximum atomic E-state index is 2.46. The highest BCUT2D eigenvalue weighted by Crippen LogP contribution is 2.65. The Bertz CT molecular complexity index is 2770. The van der Waals surface area contributed by atoms with E-state index in [1.54, 1.807) is 0 Å². The molecule has 9 aromatic carbocycles. The van der Waals surface area contributed by atoms with Crippen LogP contribution in [0.5, 0.6) is 0 Å². The molecule has 2 aliphatic carbocycles. The van der Waals surface area contributed by atoms with E-state index in [9.17, 15) is 0 Å². The van der Waals surface area contributed by atoms with Crippen molar-refractivity contribution in [1.82, 2.24) is 0 Å². The maximum absolute atomic E-state index is 2.46. The highest BCUT2D eigenvalue weighted by Gasteiger charge is 2.53. The van der Waals surface area contributed by atoms with E-state index in [1.165, 1.54) is 83.2 Å². The van der Waals surface area contributed by atoms with E-state index in [0.717, 1.165) is 11.4 Å². The number of anilines is 3. The predicted molar refractivity (Wildman–Crippen MR) is 226 cm³/mol. The number of rotatable bonds is 5. The molecule has 0 amide bonds. The van der Waals surface area contributed by atoms with Crippen LogP contribution in [-0.2, 0) is 5.41 Å². The fourth-order valence-electron chi connectivity index (χ4n) is 9.43. The number of fused-ring (bicyclic) bond motifs is 12. The number of hydrogen-bond acceptors (Lipinski definition) is 1. The van der Waals surface area contributed by atoms with Crippen LogP contribution in [0.2, 0.25) is 0 Å². The molecule has 0 heterocycles. The Morgan fingerprint density at radius 1 is 0.315 bits per heavy atom. The van der Waals surface area contributed by atoms with Crippen LogP contribution in [0.1, 0.15) is 22.3 Å². The normalized spacial score (nSPS) is 14.7. The van der Waals surface area contributed by atoms with Gasteiger partial charge in [0.1, 0.15) is 0 Å². The minimum Gasteiger partial charge on any atom is -0.310 e. The predicted octanol–water partition coefficient (Wildman–Crippen LogP) is 14.0. The molecule has 9 aromatic rings.